The predicted octanol–water partition coefficient (Wildman–Crippen LogP) is 1.87. The zero-order valence-electron chi connectivity index (χ0n) is 13.0. The molecule has 0 aromatic rings. The van der Waals surface area contributed by atoms with Gasteiger partial charge in [-0.25, -0.2) is 4.79 Å². The molecule has 0 aliphatic carbocycles. The molecule has 1 fully saturated rings. The molecular formula is C14H28N2O3. The molecule has 0 aromatic carbocycles. The van der Waals surface area contributed by atoms with Crippen molar-refractivity contribution in [2.24, 2.45) is 5.92 Å². The monoisotopic (exact) mass is 272 g/mol. The Morgan fingerprint density at radius 3 is 2.47 bits per heavy atom. The van der Waals surface area contributed by atoms with E-state index in [1.807, 2.05) is 20.8 Å². The van der Waals surface area contributed by atoms with Crippen molar-refractivity contribution in [3.8, 4) is 0 Å². The molecule has 1 N–H and O–H groups in total. The van der Waals surface area contributed by atoms with E-state index in [1.54, 1.807) is 12.0 Å². The van der Waals surface area contributed by atoms with Gasteiger partial charge in [0.25, 0.3) is 0 Å². The third-order valence-corrected chi connectivity index (χ3v) is 3.01. The Kier molecular flexibility index (Phi) is 5.62. The van der Waals surface area contributed by atoms with Crippen LogP contribution in [-0.4, -0.2) is 55.5 Å². The van der Waals surface area contributed by atoms with Gasteiger partial charge >= 0.3 is 6.09 Å². The Bertz CT molecular complexity index is 300. The lowest BCUT2D eigenvalue weighted by Crippen LogP contribution is -2.42. The zero-order valence-corrected chi connectivity index (χ0v) is 13.0. The van der Waals surface area contributed by atoms with Crippen LogP contribution < -0.4 is 5.32 Å². The minimum atomic E-state index is -0.455. The second-order valence-electron chi connectivity index (χ2n) is 6.57. The van der Waals surface area contributed by atoms with Crippen LogP contribution in [0.25, 0.3) is 0 Å². The van der Waals surface area contributed by atoms with E-state index in [2.05, 4.69) is 19.2 Å². The lowest BCUT2D eigenvalue weighted by Gasteiger charge is -2.24. The summed E-state index contributed by atoms with van der Waals surface area (Å²) in [6.45, 7) is 12.1. The maximum absolute atomic E-state index is 12.0. The standard InChI is InChI=1S/C14H28N2O3/c1-10(2)7-15-11-8-16(9-12(11)18-6)13(17)19-14(3,4)5/h10-12,15H,7-9H2,1-6H3/t11?,12-/m0/s1. The summed E-state index contributed by atoms with van der Waals surface area (Å²) in [5, 5.41) is 3.46. The smallest absolute Gasteiger partial charge is 0.410 e. The Labute approximate surface area is 116 Å². The van der Waals surface area contributed by atoms with Gasteiger partial charge in [-0.15, -0.1) is 0 Å². The van der Waals surface area contributed by atoms with Gasteiger partial charge in [0.15, 0.2) is 0 Å². The molecule has 0 saturated carbocycles. The topological polar surface area (TPSA) is 50.8 Å². The Morgan fingerprint density at radius 2 is 2.00 bits per heavy atom. The van der Waals surface area contributed by atoms with Crippen molar-refractivity contribution in [2.75, 3.05) is 26.7 Å². The molecule has 0 spiro atoms. The minimum absolute atomic E-state index is 0.0336. The fourth-order valence-corrected chi connectivity index (χ4v) is 2.07. The number of rotatable bonds is 4. The van der Waals surface area contributed by atoms with Gasteiger partial charge in [-0.05, 0) is 33.2 Å². The van der Waals surface area contributed by atoms with Crippen molar-refractivity contribution in [3.05, 3.63) is 0 Å². The van der Waals surface area contributed by atoms with E-state index in [0.717, 1.165) is 6.54 Å². The van der Waals surface area contributed by atoms with E-state index >= 15 is 0 Å². The minimum Gasteiger partial charge on any atom is -0.444 e. The van der Waals surface area contributed by atoms with Crippen molar-refractivity contribution < 1.29 is 14.3 Å². The van der Waals surface area contributed by atoms with Gasteiger partial charge in [0.2, 0.25) is 0 Å². The normalized spacial score (nSPS) is 24.1. The first-order valence-electron chi connectivity index (χ1n) is 6.97. The highest BCUT2D eigenvalue weighted by atomic mass is 16.6. The summed E-state index contributed by atoms with van der Waals surface area (Å²) in [6, 6.07) is 0.180. The average Bonchev–Trinajstić information content (AvgIpc) is 2.67. The first-order chi connectivity index (χ1) is 8.73. The number of nitrogens with one attached hydrogen (secondary N) is 1. The van der Waals surface area contributed by atoms with E-state index in [9.17, 15) is 4.79 Å². The summed E-state index contributed by atoms with van der Waals surface area (Å²) in [4.78, 5) is 13.7. The third-order valence-electron chi connectivity index (χ3n) is 3.01. The number of likely N-dealkylation sites (tertiary alicyclic amines) is 1. The number of carbonyl (C=O) groups excluding carboxylic acids is 1. The van der Waals surface area contributed by atoms with Gasteiger partial charge in [-0.2, -0.15) is 0 Å². The lowest BCUT2D eigenvalue weighted by molar-refractivity contribution is 0.0252. The molecule has 0 aromatic heterocycles. The van der Waals surface area contributed by atoms with Crippen LogP contribution in [0, 0.1) is 5.92 Å². The summed E-state index contributed by atoms with van der Waals surface area (Å²) in [6.07, 6.45) is -0.227. The van der Waals surface area contributed by atoms with Crippen LogP contribution in [0.5, 0.6) is 0 Å². The molecule has 1 saturated heterocycles. The summed E-state index contributed by atoms with van der Waals surface area (Å²) in [7, 11) is 1.69. The maximum atomic E-state index is 12.0. The van der Waals surface area contributed by atoms with E-state index in [-0.39, 0.29) is 18.2 Å². The van der Waals surface area contributed by atoms with Gasteiger partial charge in [0.05, 0.1) is 18.7 Å². The van der Waals surface area contributed by atoms with Crippen LogP contribution in [0.2, 0.25) is 0 Å². The van der Waals surface area contributed by atoms with Crippen LogP contribution >= 0.6 is 0 Å². The predicted molar refractivity (Wildman–Crippen MR) is 75.2 cm³/mol. The summed E-state index contributed by atoms with van der Waals surface area (Å²) >= 11 is 0. The van der Waals surface area contributed by atoms with Crippen LogP contribution in [0.1, 0.15) is 34.6 Å². The number of amides is 1. The van der Waals surface area contributed by atoms with Crippen molar-refractivity contribution in [1.29, 1.82) is 0 Å². The molecule has 112 valence electrons. The van der Waals surface area contributed by atoms with Crippen LogP contribution in [0.4, 0.5) is 4.79 Å². The van der Waals surface area contributed by atoms with Gasteiger partial charge in [-0.3, -0.25) is 0 Å². The molecule has 1 heterocycles. The van der Waals surface area contributed by atoms with Crippen molar-refractivity contribution >= 4 is 6.09 Å². The number of carbonyl (C=O) groups is 1. The quantitative estimate of drug-likeness (QED) is 0.849. The van der Waals surface area contributed by atoms with E-state index < -0.39 is 5.60 Å². The van der Waals surface area contributed by atoms with Crippen LogP contribution in [0.15, 0.2) is 0 Å². The van der Waals surface area contributed by atoms with E-state index in [1.165, 1.54) is 0 Å². The Balaban J connectivity index is 2.53. The molecule has 2 atom stereocenters. The summed E-state index contributed by atoms with van der Waals surface area (Å²) < 4.78 is 10.8. The third kappa shape index (κ3) is 5.37. The number of hydrogen-bond donors (Lipinski definition) is 1. The van der Waals surface area contributed by atoms with Crippen molar-refractivity contribution in [2.45, 2.75) is 52.4 Å². The first-order valence-corrected chi connectivity index (χ1v) is 6.97. The number of nitrogens with zero attached hydrogens (tertiary/aromatic N) is 1. The highest BCUT2D eigenvalue weighted by molar-refractivity contribution is 5.68. The first kappa shape index (κ1) is 16.2. The molecule has 1 aliphatic rings. The molecule has 5 heteroatoms. The lowest BCUT2D eigenvalue weighted by atomic mass is 10.1. The molecule has 1 amide bonds. The Morgan fingerprint density at radius 1 is 1.37 bits per heavy atom. The van der Waals surface area contributed by atoms with Gasteiger partial charge in [0, 0.05) is 13.7 Å². The molecule has 0 radical (unpaired) electrons. The van der Waals surface area contributed by atoms with Crippen molar-refractivity contribution in [1.82, 2.24) is 10.2 Å². The summed E-state index contributed by atoms with van der Waals surface area (Å²) in [5.74, 6) is 0.577. The Hall–Kier alpha value is -0.810. The molecule has 19 heavy (non-hydrogen) atoms. The fraction of sp³-hybridized carbons (Fsp3) is 0.929. The number of ether oxygens (including phenoxy) is 2. The number of methoxy groups -OCH3 is 1. The van der Waals surface area contributed by atoms with E-state index in [4.69, 9.17) is 9.47 Å². The van der Waals surface area contributed by atoms with Crippen LogP contribution in [0.3, 0.4) is 0 Å². The maximum Gasteiger partial charge on any atom is 0.410 e. The van der Waals surface area contributed by atoms with Gasteiger partial charge in [0.1, 0.15) is 5.60 Å². The average molecular weight is 272 g/mol. The zero-order chi connectivity index (χ0) is 14.6. The second-order valence-corrected chi connectivity index (χ2v) is 6.57. The summed E-state index contributed by atoms with van der Waals surface area (Å²) in [5.41, 5.74) is -0.455. The number of hydrogen-bond acceptors (Lipinski definition) is 4. The highest BCUT2D eigenvalue weighted by Crippen LogP contribution is 2.17. The molecule has 1 unspecified atom stereocenters. The molecular weight excluding hydrogens is 244 g/mol. The largest absolute Gasteiger partial charge is 0.444 e. The highest BCUT2D eigenvalue weighted by Gasteiger charge is 2.37. The van der Waals surface area contributed by atoms with Crippen LogP contribution in [-0.2, 0) is 9.47 Å². The molecule has 0 bridgehead atoms. The van der Waals surface area contributed by atoms with Gasteiger partial charge < -0.3 is 19.7 Å². The molecule has 1 rings (SSSR count). The van der Waals surface area contributed by atoms with Crippen molar-refractivity contribution in [3.63, 3.8) is 0 Å². The molecule has 5 nitrogen and oxygen atoms in total. The fourth-order valence-electron chi connectivity index (χ4n) is 2.07. The second kappa shape index (κ2) is 6.57. The molecule has 1 aliphatic heterocycles. The van der Waals surface area contributed by atoms with Gasteiger partial charge in [-0.1, -0.05) is 13.8 Å². The van der Waals surface area contributed by atoms with E-state index in [0.29, 0.717) is 19.0 Å². The SMILES string of the molecule is CO[C@H]1CN(C(=O)OC(C)(C)C)CC1NCC(C)C.